The number of rotatable bonds is 8. The lowest BCUT2D eigenvalue weighted by atomic mass is 9.91. The molecule has 0 saturated carbocycles. The third kappa shape index (κ3) is 4.33. The van der Waals surface area contributed by atoms with E-state index < -0.39 is 0 Å². The number of allylic oxidation sites excluding steroid dienone is 4. The van der Waals surface area contributed by atoms with Crippen LogP contribution >= 0.6 is 11.6 Å². The van der Waals surface area contributed by atoms with Gasteiger partial charge in [0, 0.05) is 27.5 Å². The van der Waals surface area contributed by atoms with Gasteiger partial charge in [-0.25, -0.2) is 0 Å². The van der Waals surface area contributed by atoms with Crippen LogP contribution in [0.2, 0.25) is 5.02 Å². The highest BCUT2D eigenvalue weighted by Gasteiger charge is 2.18. The maximum atomic E-state index is 6.26. The van der Waals surface area contributed by atoms with E-state index in [0.717, 1.165) is 24.3 Å². The lowest BCUT2D eigenvalue weighted by Gasteiger charge is -2.15. The molecule has 0 aliphatic carbocycles. The van der Waals surface area contributed by atoms with Crippen LogP contribution in [-0.2, 0) is 6.42 Å². The molecule has 0 bridgehead atoms. The van der Waals surface area contributed by atoms with Gasteiger partial charge in [-0.3, -0.25) is 0 Å². The summed E-state index contributed by atoms with van der Waals surface area (Å²) in [7, 11) is 0. The van der Waals surface area contributed by atoms with E-state index in [9.17, 15) is 0 Å². The highest BCUT2D eigenvalue weighted by molar-refractivity contribution is 6.31. The van der Waals surface area contributed by atoms with Gasteiger partial charge in [-0.05, 0) is 55.0 Å². The number of hydrogen-bond donors (Lipinski definition) is 1. The summed E-state index contributed by atoms with van der Waals surface area (Å²) in [5, 5.41) is 2.10. The van der Waals surface area contributed by atoms with Crippen LogP contribution < -0.4 is 0 Å². The van der Waals surface area contributed by atoms with Gasteiger partial charge in [0.2, 0.25) is 0 Å². The molecule has 0 unspecified atom stereocenters. The molecule has 0 spiro atoms. The minimum Gasteiger partial charge on any atom is -0.358 e. The summed E-state index contributed by atoms with van der Waals surface area (Å²) in [5.41, 5.74) is 5.38. The fourth-order valence-electron chi connectivity index (χ4n) is 3.28. The van der Waals surface area contributed by atoms with Crippen LogP contribution in [0.1, 0.15) is 70.6 Å². The van der Waals surface area contributed by atoms with E-state index in [1.54, 1.807) is 0 Å². The van der Waals surface area contributed by atoms with Crippen LogP contribution in [0.25, 0.3) is 10.9 Å². The Bertz CT molecular complexity index is 721. The van der Waals surface area contributed by atoms with Crippen molar-refractivity contribution in [3.63, 3.8) is 0 Å². The van der Waals surface area contributed by atoms with Gasteiger partial charge < -0.3 is 4.98 Å². The van der Waals surface area contributed by atoms with Gasteiger partial charge in [0.1, 0.15) is 0 Å². The fraction of sp³-hybridized carbons (Fsp3) is 0.455. The van der Waals surface area contributed by atoms with Crippen molar-refractivity contribution in [2.45, 2.75) is 65.7 Å². The molecule has 0 radical (unpaired) electrons. The van der Waals surface area contributed by atoms with E-state index >= 15 is 0 Å². The van der Waals surface area contributed by atoms with Gasteiger partial charge in [0.25, 0.3) is 0 Å². The first-order valence-corrected chi connectivity index (χ1v) is 9.66. The summed E-state index contributed by atoms with van der Waals surface area (Å²) >= 11 is 6.26. The molecular formula is C22H30ClN. The van der Waals surface area contributed by atoms with Crippen molar-refractivity contribution in [1.29, 1.82) is 0 Å². The van der Waals surface area contributed by atoms with E-state index in [1.807, 2.05) is 6.07 Å². The van der Waals surface area contributed by atoms with Crippen LogP contribution in [0, 0.1) is 0 Å². The van der Waals surface area contributed by atoms with Crippen LogP contribution in [0.15, 0.2) is 42.0 Å². The standard InChI is InChI=1S/C22H30ClN/c1-5-8-11-17(10-7-3)16(4)22-19(12-9-6-2)20-15-18(23)13-14-21(20)24-22/h8,10-11,13-16,24H,5-7,9,12H2,1-4H3/b11-8+,17-10+/t16-/m0/s1. The first kappa shape index (κ1) is 18.9. The molecule has 0 amide bonds. The molecule has 130 valence electrons. The Morgan fingerprint density at radius 1 is 1.21 bits per heavy atom. The molecule has 24 heavy (non-hydrogen) atoms. The average molecular weight is 344 g/mol. The molecule has 1 atom stereocenters. The van der Waals surface area contributed by atoms with Crippen molar-refractivity contribution in [3.05, 3.63) is 58.3 Å². The zero-order valence-corrected chi connectivity index (χ0v) is 16.2. The number of aromatic amines is 1. The number of fused-ring (bicyclic) bond motifs is 1. The second kappa shape index (κ2) is 9.13. The maximum absolute atomic E-state index is 6.26. The summed E-state index contributed by atoms with van der Waals surface area (Å²) in [5.74, 6) is 0.366. The zero-order chi connectivity index (χ0) is 17.5. The van der Waals surface area contributed by atoms with E-state index in [1.165, 1.54) is 40.6 Å². The number of aromatic nitrogens is 1. The van der Waals surface area contributed by atoms with Crippen molar-refractivity contribution in [3.8, 4) is 0 Å². The molecular weight excluding hydrogens is 314 g/mol. The third-order valence-electron chi connectivity index (χ3n) is 4.60. The van der Waals surface area contributed by atoms with Crippen molar-refractivity contribution in [1.82, 2.24) is 4.98 Å². The molecule has 2 aromatic rings. The third-order valence-corrected chi connectivity index (χ3v) is 4.84. The molecule has 2 rings (SSSR count). The molecule has 0 aliphatic rings. The van der Waals surface area contributed by atoms with Crippen molar-refractivity contribution in [2.75, 3.05) is 0 Å². The number of aryl methyl sites for hydroxylation is 1. The molecule has 2 heteroatoms. The predicted octanol–water partition coefficient (Wildman–Crippen LogP) is 7.57. The number of benzene rings is 1. The number of nitrogens with one attached hydrogen (secondary N) is 1. The molecule has 0 aliphatic heterocycles. The number of unbranched alkanes of at least 4 members (excludes halogenated alkanes) is 1. The minimum atomic E-state index is 0.366. The lowest BCUT2D eigenvalue weighted by Crippen LogP contribution is -2.01. The van der Waals surface area contributed by atoms with Crippen LogP contribution in [-0.4, -0.2) is 4.98 Å². The highest BCUT2D eigenvalue weighted by Crippen LogP contribution is 2.34. The SMILES string of the molecule is CC/C=C/C(=C\CC)[C@H](C)c1[nH]c2ccc(Cl)cc2c1CCCC. The van der Waals surface area contributed by atoms with E-state index in [4.69, 9.17) is 11.6 Å². The second-order valence-electron chi connectivity index (χ2n) is 6.46. The summed E-state index contributed by atoms with van der Waals surface area (Å²) in [6, 6.07) is 6.19. The average Bonchev–Trinajstić information content (AvgIpc) is 2.93. The first-order valence-electron chi connectivity index (χ1n) is 9.28. The van der Waals surface area contributed by atoms with Crippen molar-refractivity contribution >= 4 is 22.5 Å². The number of halogens is 1. The molecule has 1 heterocycles. The largest absolute Gasteiger partial charge is 0.358 e. The quantitative estimate of drug-likeness (QED) is 0.475. The zero-order valence-electron chi connectivity index (χ0n) is 15.5. The predicted molar refractivity (Wildman–Crippen MR) is 108 cm³/mol. The number of H-pyrrole nitrogens is 1. The normalized spacial score (nSPS) is 14.0. The summed E-state index contributed by atoms with van der Waals surface area (Å²) < 4.78 is 0. The van der Waals surface area contributed by atoms with Crippen LogP contribution in [0.4, 0.5) is 0 Å². The summed E-state index contributed by atoms with van der Waals surface area (Å²) in [6.07, 6.45) is 12.5. The maximum Gasteiger partial charge on any atom is 0.0460 e. The van der Waals surface area contributed by atoms with Gasteiger partial charge in [-0.15, -0.1) is 0 Å². The Morgan fingerprint density at radius 2 is 2.00 bits per heavy atom. The Morgan fingerprint density at radius 3 is 2.67 bits per heavy atom. The smallest absolute Gasteiger partial charge is 0.0460 e. The van der Waals surface area contributed by atoms with E-state index in [-0.39, 0.29) is 0 Å². The van der Waals surface area contributed by atoms with Crippen molar-refractivity contribution < 1.29 is 0 Å². The van der Waals surface area contributed by atoms with Gasteiger partial charge in [0.15, 0.2) is 0 Å². The Kier molecular flexibility index (Phi) is 7.17. The Balaban J connectivity index is 2.52. The number of hydrogen-bond acceptors (Lipinski definition) is 0. The molecule has 1 N–H and O–H groups in total. The summed E-state index contributed by atoms with van der Waals surface area (Å²) in [4.78, 5) is 3.68. The first-order chi connectivity index (χ1) is 11.6. The topological polar surface area (TPSA) is 15.8 Å². The van der Waals surface area contributed by atoms with Gasteiger partial charge >= 0.3 is 0 Å². The molecule has 1 aromatic heterocycles. The van der Waals surface area contributed by atoms with Gasteiger partial charge in [-0.2, -0.15) is 0 Å². The molecule has 0 fully saturated rings. The van der Waals surface area contributed by atoms with E-state index in [2.05, 4.69) is 63.0 Å². The molecule has 0 saturated heterocycles. The van der Waals surface area contributed by atoms with Crippen LogP contribution in [0.5, 0.6) is 0 Å². The summed E-state index contributed by atoms with van der Waals surface area (Å²) in [6.45, 7) is 8.94. The Labute approximate surface area is 151 Å². The highest BCUT2D eigenvalue weighted by atomic mass is 35.5. The molecule has 1 nitrogen and oxygen atoms in total. The van der Waals surface area contributed by atoms with Crippen molar-refractivity contribution in [2.24, 2.45) is 0 Å². The Hall–Kier alpha value is -1.47. The molecule has 1 aromatic carbocycles. The minimum absolute atomic E-state index is 0.366. The monoisotopic (exact) mass is 343 g/mol. The second-order valence-corrected chi connectivity index (χ2v) is 6.89. The van der Waals surface area contributed by atoms with Gasteiger partial charge in [-0.1, -0.05) is 63.9 Å². The van der Waals surface area contributed by atoms with E-state index in [0.29, 0.717) is 5.92 Å². The van der Waals surface area contributed by atoms with Gasteiger partial charge in [0.05, 0.1) is 0 Å². The van der Waals surface area contributed by atoms with Crippen LogP contribution in [0.3, 0.4) is 0 Å². The lowest BCUT2D eigenvalue weighted by molar-refractivity contribution is 0.774. The fourth-order valence-corrected chi connectivity index (χ4v) is 3.45.